The monoisotopic (exact) mass is 231 g/mol. The van der Waals surface area contributed by atoms with Crippen molar-refractivity contribution in [2.45, 2.75) is 39.0 Å². The van der Waals surface area contributed by atoms with Crippen LogP contribution in [0.3, 0.4) is 0 Å². The van der Waals surface area contributed by atoms with E-state index in [-0.39, 0.29) is 5.92 Å². The molecule has 1 aromatic rings. The first-order valence-electron chi connectivity index (χ1n) is 6.43. The molecule has 0 saturated heterocycles. The van der Waals surface area contributed by atoms with Crippen molar-refractivity contribution in [2.24, 2.45) is 0 Å². The minimum atomic E-state index is 0.135. The Balaban J connectivity index is 2.95. The third-order valence-electron chi connectivity index (χ3n) is 2.83. The second-order valence-electron chi connectivity index (χ2n) is 4.29. The summed E-state index contributed by atoms with van der Waals surface area (Å²) in [5, 5.41) is 0. The Labute approximate surface area is 106 Å². The summed E-state index contributed by atoms with van der Waals surface area (Å²) in [4.78, 5) is 0. The molecule has 0 saturated carbocycles. The predicted molar refractivity (Wildman–Crippen MR) is 74.5 cm³/mol. The van der Waals surface area contributed by atoms with Gasteiger partial charge in [-0.1, -0.05) is 25.5 Å². The van der Waals surface area contributed by atoms with E-state index >= 15 is 0 Å². The number of rotatable bonds is 7. The summed E-state index contributed by atoms with van der Waals surface area (Å²) in [6, 6.07) is 6.42. The lowest BCUT2D eigenvalue weighted by atomic mass is 9.97. The van der Waals surface area contributed by atoms with Crippen LogP contribution in [0, 0.1) is 6.92 Å². The largest absolute Gasteiger partial charge is 0.494 e. The van der Waals surface area contributed by atoms with Gasteiger partial charge >= 0.3 is 0 Å². The maximum Gasteiger partial charge on any atom is 0.119 e. The first-order valence-corrected chi connectivity index (χ1v) is 6.43. The Hall–Kier alpha value is -1.24. The van der Waals surface area contributed by atoms with Gasteiger partial charge in [-0.2, -0.15) is 0 Å². The molecule has 0 aromatic heterocycles. The molecule has 0 amide bonds. The van der Waals surface area contributed by atoms with Crippen molar-refractivity contribution in [3.63, 3.8) is 0 Å². The number of hydrogen-bond donors (Lipinski definition) is 0. The highest BCUT2D eigenvalue weighted by molar-refractivity contribution is 5.38. The number of ether oxygens (including phenoxy) is 1. The number of aryl methyl sites for hydroxylation is 1. The van der Waals surface area contributed by atoms with Gasteiger partial charge in [-0.15, -0.1) is 6.58 Å². The lowest BCUT2D eigenvalue weighted by Crippen LogP contribution is -1.97. The highest BCUT2D eigenvalue weighted by Gasteiger charge is 2.06. The molecule has 17 heavy (non-hydrogen) atoms. The van der Waals surface area contributed by atoms with Crippen LogP contribution in [0.15, 0.2) is 30.9 Å². The Morgan fingerprint density at radius 2 is 2.06 bits per heavy atom. The van der Waals surface area contributed by atoms with Gasteiger partial charge < -0.3 is 4.74 Å². The molecule has 0 bridgehead atoms. The summed E-state index contributed by atoms with van der Waals surface area (Å²) in [6.45, 7) is 12.8. The van der Waals surface area contributed by atoms with E-state index in [1.807, 2.05) is 13.0 Å². The summed E-state index contributed by atoms with van der Waals surface area (Å²) in [7, 11) is 0. The van der Waals surface area contributed by atoms with Crippen molar-refractivity contribution < 1.29 is 4.74 Å². The highest BCUT2D eigenvalue weighted by atomic mass is 16.5. The Bertz CT molecular complexity index is 355. The van der Waals surface area contributed by atoms with Crippen LogP contribution < -0.4 is 4.74 Å². The van der Waals surface area contributed by atoms with Crippen LogP contribution in [0.1, 0.15) is 43.7 Å². The molecule has 0 aliphatic carbocycles. The SMILES string of the molecule is [CH2]C(C=C)c1cc(CCCC)cc(OCC)c1. The average molecular weight is 231 g/mol. The fourth-order valence-corrected chi connectivity index (χ4v) is 1.81. The molecular formula is C16H23O. The average Bonchev–Trinajstić information content (AvgIpc) is 2.35. The van der Waals surface area contributed by atoms with E-state index in [4.69, 9.17) is 4.74 Å². The molecule has 93 valence electrons. The van der Waals surface area contributed by atoms with E-state index in [9.17, 15) is 0 Å². The number of benzene rings is 1. The zero-order valence-corrected chi connectivity index (χ0v) is 11.0. The lowest BCUT2D eigenvalue weighted by Gasteiger charge is -2.12. The van der Waals surface area contributed by atoms with Gasteiger partial charge in [0.15, 0.2) is 0 Å². The van der Waals surface area contributed by atoms with Crippen molar-refractivity contribution in [3.05, 3.63) is 48.9 Å². The van der Waals surface area contributed by atoms with Gasteiger partial charge in [0.1, 0.15) is 5.75 Å². The summed E-state index contributed by atoms with van der Waals surface area (Å²) < 4.78 is 5.60. The topological polar surface area (TPSA) is 9.23 Å². The molecule has 1 radical (unpaired) electrons. The minimum Gasteiger partial charge on any atom is -0.494 e. The van der Waals surface area contributed by atoms with Crippen molar-refractivity contribution >= 4 is 0 Å². The van der Waals surface area contributed by atoms with Gasteiger partial charge in [-0.05, 0) is 49.9 Å². The van der Waals surface area contributed by atoms with E-state index in [0.717, 1.165) is 12.2 Å². The highest BCUT2D eigenvalue weighted by Crippen LogP contribution is 2.24. The summed E-state index contributed by atoms with van der Waals surface area (Å²) in [5.74, 6) is 1.09. The van der Waals surface area contributed by atoms with Crippen LogP contribution in [-0.2, 0) is 6.42 Å². The van der Waals surface area contributed by atoms with Crippen LogP contribution >= 0.6 is 0 Å². The van der Waals surface area contributed by atoms with E-state index in [0.29, 0.717) is 6.61 Å². The first-order chi connectivity index (χ1) is 8.21. The van der Waals surface area contributed by atoms with Crippen molar-refractivity contribution in [1.29, 1.82) is 0 Å². The van der Waals surface area contributed by atoms with Crippen molar-refractivity contribution in [1.82, 2.24) is 0 Å². The molecule has 0 spiro atoms. The molecule has 1 aromatic carbocycles. The number of hydrogen-bond acceptors (Lipinski definition) is 1. The van der Waals surface area contributed by atoms with Crippen LogP contribution in [0.5, 0.6) is 5.75 Å². The first kappa shape index (κ1) is 13.8. The fraction of sp³-hybridized carbons (Fsp3) is 0.438. The van der Waals surface area contributed by atoms with Crippen molar-refractivity contribution in [2.75, 3.05) is 6.61 Å². The molecule has 1 heteroatoms. The molecule has 0 aliphatic rings. The van der Waals surface area contributed by atoms with E-state index in [1.54, 1.807) is 0 Å². The fourth-order valence-electron chi connectivity index (χ4n) is 1.81. The molecule has 1 nitrogen and oxygen atoms in total. The van der Waals surface area contributed by atoms with Gasteiger partial charge in [0.2, 0.25) is 0 Å². The van der Waals surface area contributed by atoms with Gasteiger partial charge in [0.25, 0.3) is 0 Å². The standard InChI is InChI=1S/C16H23O/c1-5-8-9-14-10-15(13(4)6-2)12-16(11-14)17-7-3/h6,10-13H,2,4-5,7-9H2,1,3H3. The number of allylic oxidation sites excluding steroid dienone is 1. The van der Waals surface area contributed by atoms with E-state index in [1.165, 1.54) is 24.0 Å². The van der Waals surface area contributed by atoms with Crippen LogP contribution in [0.25, 0.3) is 0 Å². The summed E-state index contributed by atoms with van der Waals surface area (Å²) in [6.07, 6.45) is 5.40. The lowest BCUT2D eigenvalue weighted by molar-refractivity contribution is 0.339. The maximum absolute atomic E-state index is 5.60. The molecule has 0 fully saturated rings. The van der Waals surface area contributed by atoms with Crippen LogP contribution in [0.2, 0.25) is 0 Å². The molecule has 1 rings (SSSR count). The van der Waals surface area contributed by atoms with Crippen molar-refractivity contribution in [3.8, 4) is 5.75 Å². The van der Waals surface area contributed by atoms with Gasteiger partial charge in [0, 0.05) is 5.92 Å². The molecule has 1 atom stereocenters. The molecule has 0 heterocycles. The smallest absolute Gasteiger partial charge is 0.119 e. The zero-order chi connectivity index (χ0) is 12.7. The van der Waals surface area contributed by atoms with Crippen LogP contribution in [0.4, 0.5) is 0 Å². The third kappa shape index (κ3) is 4.26. The quantitative estimate of drug-likeness (QED) is 0.626. The second kappa shape index (κ2) is 7.16. The summed E-state index contributed by atoms with van der Waals surface area (Å²) >= 11 is 0. The normalized spacial score (nSPS) is 12.2. The minimum absolute atomic E-state index is 0.135. The Morgan fingerprint density at radius 1 is 1.29 bits per heavy atom. The van der Waals surface area contributed by atoms with E-state index < -0.39 is 0 Å². The Morgan fingerprint density at radius 3 is 2.65 bits per heavy atom. The molecule has 0 N–H and O–H groups in total. The predicted octanol–water partition coefficient (Wildman–Crippen LogP) is 4.53. The maximum atomic E-state index is 5.60. The molecule has 0 aliphatic heterocycles. The van der Waals surface area contributed by atoms with Gasteiger partial charge in [0.05, 0.1) is 6.61 Å². The second-order valence-corrected chi connectivity index (χ2v) is 4.29. The molecule has 1 unspecified atom stereocenters. The molecular weight excluding hydrogens is 208 g/mol. The third-order valence-corrected chi connectivity index (χ3v) is 2.83. The zero-order valence-electron chi connectivity index (χ0n) is 11.0. The van der Waals surface area contributed by atoms with Crippen LogP contribution in [-0.4, -0.2) is 6.61 Å². The van der Waals surface area contributed by atoms with Gasteiger partial charge in [-0.3, -0.25) is 0 Å². The van der Waals surface area contributed by atoms with E-state index in [2.05, 4.69) is 38.6 Å². The Kier molecular flexibility index (Phi) is 5.82. The number of unbranched alkanes of at least 4 members (excludes halogenated alkanes) is 1. The van der Waals surface area contributed by atoms with Gasteiger partial charge in [-0.25, -0.2) is 0 Å². The summed E-state index contributed by atoms with van der Waals surface area (Å²) in [5.41, 5.74) is 2.53.